The number of aromatic nitrogens is 2. The van der Waals surface area contributed by atoms with E-state index in [0.29, 0.717) is 5.69 Å². The van der Waals surface area contributed by atoms with Crippen LogP contribution in [0.5, 0.6) is 0 Å². The summed E-state index contributed by atoms with van der Waals surface area (Å²) in [4.78, 5) is 20.9. The van der Waals surface area contributed by atoms with Crippen LogP contribution in [0.25, 0.3) is 10.9 Å². The molecule has 1 aliphatic rings. The number of rotatable bonds is 2. The summed E-state index contributed by atoms with van der Waals surface area (Å²) in [5, 5.41) is 7.37. The average Bonchev–Trinajstić information content (AvgIpc) is 2.78. The number of amides is 1. The number of hydrogen-bond acceptors (Lipinski definition) is 4. The summed E-state index contributed by atoms with van der Waals surface area (Å²) >= 11 is 3.42. The van der Waals surface area contributed by atoms with Crippen LogP contribution in [0.15, 0.2) is 29.0 Å². The third-order valence-corrected chi connectivity index (χ3v) is 4.56. The second-order valence-corrected chi connectivity index (χ2v) is 6.71. The van der Waals surface area contributed by atoms with Crippen LogP contribution >= 0.6 is 15.9 Å². The van der Waals surface area contributed by atoms with E-state index < -0.39 is 0 Å². The summed E-state index contributed by atoms with van der Waals surface area (Å²) in [7, 11) is 0. The van der Waals surface area contributed by atoms with Gasteiger partial charge in [-0.2, -0.15) is 0 Å². The standard InChI is InChI=1S/C15H17BrN4O/c1-15(2)12(5-6-18-15)20-14(21)11-4-3-9-7-17-8-10(16)13(9)19-11/h3-4,7-8,12,18H,5-6H2,1-2H3,(H,20,21). The minimum atomic E-state index is -0.137. The minimum Gasteiger partial charge on any atom is -0.346 e. The molecular formula is C15H17BrN4O. The van der Waals surface area contributed by atoms with Gasteiger partial charge < -0.3 is 10.6 Å². The van der Waals surface area contributed by atoms with Crippen molar-refractivity contribution in [1.29, 1.82) is 0 Å². The minimum absolute atomic E-state index is 0.0863. The molecule has 2 aromatic rings. The Morgan fingerprint density at radius 3 is 2.95 bits per heavy atom. The van der Waals surface area contributed by atoms with Crippen LogP contribution in [-0.2, 0) is 0 Å². The van der Waals surface area contributed by atoms with Gasteiger partial charge in [0.15, 0.2) is 0 Å². The molecule has 0 saturated carbocycles. The van der Waals surface area contributed by atoms with Gasteiger partial charge in [0, 0.05) is 29.4 Å². The number of carbonyl (C=O) groups excluding carboxylic acids is 1. The third-order valence-electron chi connectivity index (χ3n) is 3.98. The second-order valence-electron chi connectivity index (χ2n) is 5.85. The van der Waals surface area contributed by atoms with E-state index in [1.54, 1.807) is 18.5 Å². The zero-order valence-corrected chi connectivity index (χ0v) is 13.6. The molecule has 21 heavy (non-hydrogen) atoms. The van der Waals surface area contributed by atoms with Crippen molar-refractivity contribution in [2.24, 2.45) is 0 Å². The van der Waals surface area contributed by atoms with Crippen molar-refractivity contribution in [1.82, 2.24) is 20.6 Å². The van der Waals surface area contributed by atoms with E-state index in [0.717, 1.165) is 28.3 Å². The van der Waals surface area contributed by atoms with Gasteiger partial charge in [0.25, 0.3) is 5.91 Å². The summed E-state index contributed by atoms with van der Waals surface area (Å²) in [5.41, 5.74) is 1.09. The lowest BCUT2D eigenvalue weighted by Gasteiger charge is -2.27. The largest absolute Gasteiger partial charge is 0.346 e. The highest BCUT2D eigenvalue weighted by Crippen LogP contribution is 2.22. The van der Waals surface area contributed by atoms with Gasteiger partial charge in [-0.15, -0.1) is 0 Å². The van der Waals surface area contributed by atoms with Crippen LogP contribution in [0.3, 0.4) is 0 Å². The summed E-state index contributed by atoms with van der Waals surface area (Å²) < 4.78 is 0.789. The number of hydrogen-bond donors (Lipinski definition) is 2. The molecule has 0 aromatic carbocycles. The van der Waals surface area contributed by atoms with E-state index >= 15 is 0 Å². The van der Waals surface area contributed by atoms with Gasteiger partial charge in [-0.1, -0.05) is 0 Å². The molecule has 1 unspecified atom stereocenters. The topological polar surface area (TPSA) is 66.9 Å². The van der Waals surface area contributed by atoms with E-state index in [9.17, 15) is 4.79 Å². The maximum Gasteiger partial charge on any atom is 0.270 e. The maximum atomic E-state index is 12.4. The molecule has 3 heterocycles. The lowest BCUT2D eigenvalue weighted by Crippen LogP contribution is -2.50. The quantitative estimate of drug-likeness (QED) is 0.873. The zero-order chi connectivity index (χ0) is 15.0. The Labute approximate surface area is 131 Å². The zero-order valence-electron chi connectivity index (χ0n) is 12.0. The van der Waals surface area contributed by atoms with Crippen molar-refractivity contribution in [3.8, 4) is 0 Å². The van der Waals surface area contributed by atoms with Gasteiger partial charge in [-0.05, 0) is 54.9 Å². The summed E-state index contributed by atoms with van der Waals surface area (Å²) in [6, 6.07) is 3.72. The Hall–Kier alpha value is -1.53. The van der Waals surface area contributed by atoms with E-state index in [2.05, 4.69) is 50.4 Å². The second kappa shape index (κ2) is 5.35. The van der Waals surface area contributed by atoms with Crippen molar-refractivity contribution >= 4 is 32.7 Å². The Balaban J connectivity index is 1.86. The van der Waals surface area contributed by atoms with Crippen molar-refractivity contribution < 1.29 is 4.79 Å². The first kappa shape index (κ1) is 14.4. The number of nitrogens with zero attached hydrogens (tertiary/aromatic N) is 2. The van der Waals surface area contributed by atoms with Crippen LogP contribution in [0, 0.1) is 0 Å². The molecule has 0 bridgehead atoms. The molecule has 1 fully saturated rings. The van der Waals surface area contributed by atoms with Gasteiger partial charge in [0.05, 0.1) is 9.99 Å². The Kier molecular flexibility index (Phi) is 3.67. The number of fused-ring (bicyclic) bond motifs is 1. The van der Waals surface area contributed by atoms with E-state index in [-0.39, 0.29) is 17.5 Å². The Bertz CT molecular complexity index is 701. The fraction of sp³-hybridized carbons (Fsp3) is 0.400. The van der Waals surface area contributed by atoms with Crippen LogP contribution in [0.2, 0.25) is 0 Å². The van der Waals surface area contributed by atoms with Gasteiger partial charge >= 0.3 is 0 Å². The van der Waals surface area contributed by atoms with E-state index in [1.807, 2.05) is 6.07 Å². The molecule has 3 rings (SSSR count). The molecule has 0 radical (unpaired) electrons. The predicted molar refractivity (Wildman–Crippen MR) is 85.2 cm³/mol. The lowest BCUT2D eigenvalue weighted by atomic mass is 9.97. The summed E-state index contributed by atoms with van der Waals surface area (Å²) in [6.07, 6.45) is 4.35. The summed E-state index contributed by atoms with van der Waals surface area (Å²) in [6.45, 7) is 5.11. The van der Waals surface area contributed by atoms with Crippen LogP contribution in [0.1, 0.15) is 30.8 Å². The predicted octanol–water partition coefficient (Wildman–Crippen LogP) is 2.26. The summed E-state index contributed by atoms with van der Waals surface area (Å²) in [5.74, 6) is -0.137. The highest BCUT2D eigenvalue weighted by Gasteiger charge is 2.35. The number of nitrogens with one attached hydrogen (secondary N) is 2. The van der Waals surface area contributed by atoms with Crippen molar-refractivity contribution in [3.63, 3.8) is 0 Å². The van der Waals surface area contributed by atoms with Gasteiger partial charge in [-0.25, -0.2) is 4.98 Å². The molecule has 2 N–H and O–H groups in total. The molecule has 2 aromatic heterocycles. The number of pyridine rings is 2. The van der Waals surface area contributed by atoms with Crippen LogP contribution in [0.4, 0.5) is 0 Å². The molecular weight excluding hydrogens is 332 g/mol. The molecule has 6 heteroatoms. The fourth-order valence-corrected chi connectivity index (χ4v) is 3.08. The number of carbonyl (C=O) groups is 1. The molecule has 1 atom stereocenters. The third kappa shape index (κ3) is 2.78. The lowest BCUT2D eigenvalue weighted by molar-refractivity contribution is 0.0919. The molecule has 110 valence electrons. The Morgan fingerprint density at radius 2 is 2.24 bits per heavy atom. The van der Waals surface area contributed by atoms with Crippen molar-refractivity contribution in [2.75, 3.05) is 6.54 Å². The SMILES string of the molecule is CC1(C)NCCC1NC(=O)c1ccc2cncc(Br)c2n1. The normalized spacial score (nSPS) is 20.6. The molecule has 5 nitrogen and oxygen atoms in total. The first-order valence-electron chi connectivity index (χ1n) is 6.93. The van der Waals surface area contributed by atoms with Crippen molar-refractivity contribution in [3.05, 3.63) is 34.7 Å². The molecule has 1 aliphatic heterocycles. The maximum absolute atomic E-state index is 12.4. The van der Waals surface area contributed by atoms with Crippen molar-refractivity contribution in [2.45, 2.75) is 31.8 Å². The van der Waals surface area contributed by atoms with Crippen LogP contribution < -0.4 is 10.6 Å². The fourth-order valence-electron chi connectivity index (χ4n) is 2.64. The average molecular weight is 349 g/mol. The monoisotopic (exact) mass is 348 g/mol. The number of halogens is 1. The molecule has 0 spiro atoms. The molecule has 0 aliphatic carbocycles. The van der Waals surface area contributed by atoms with Gasteiger partial charge in [-0.3, -0.25) is 9.78 Å². The van der Waals surface area contributed by atoms with E-state index in [4.69, 9.17) is 0 Å². The Morgan fingerprint density at radius 1 is 1.43 bits per heavy atom. The first-order valence-corrected chi connectivity index (χ1v) is 7.73. The molecule has 1 amide bonds. The first-order chi connectivity index (χ1) is 9.97. The highest BCUT2D eigenvalue weighted by atomic mass is 79.9. The highest BCUT2D eigenvalue weighted by molar-refractivity contribution is 9.10. The smallest absolute Gasteiger partial charge is 0.270 e. The van der Waals surface area contributed by atoms with Crippen LogP contribution in [-0.4, -0.2) is 34.0 Å². The van der Waals surface area contributed by atoms with E-state index in [1.165, 1.54) is 0 Å². The molecule has 1 saturated heterocycles. The van der Waals surface area contributed by atoms with Gasteiger partial charge in [0.2, 0.25) is 0 Å². The van der Waals surface area contributed by atoms with Gasteiger partial charge in [0.1, 0.15) is 5.69 Å².